The maximum absolute atomic E-state index is 4.49. The number of benzene rings is 1. The molecular formula is C12H17N3. The summed E-state index contributed by atoms with van der Waals surface area (Å²) in [5.41, 5.74) is 3.36. The Balaban J connectivity index is 2.39. The van der Waals surface area contributed by atoms with Gasteiger partial charge in [0.2, 0.25) is 5.95 Å². The Morgan fingerprint density at radius 3 is 2.67 bits per heavy atom. The van der Waals surface area contributed by atoms with E-state index in [1.54, 1.807) is 0 Å². The number of imidazole rings is 1. The molecule has 0 bridgehead atoms. The van der Waals surface area contributed by atoms with Gasteiger partial charge in [0.25, 0.3) is 0 Å². The highest BCUT2D eigenvalue weighted by molar-refractivity contribution is 5.78. The lowest BCUT2D eigenvalue weighted by molar-refractivity contribution is 0.628. The number of rotatable bonds is 1. The lowest BCUT2D eigenvalue weighted by Crippen LogP contribution is -2.26. The third-order valence-corrected chi connectivity index (χ3v) is 2.13. The molecule has 0 aliphatic heterocycles. The number of fused-ring (bicyclic) bond motifs is 1. The molecule has 0 saturated carbocycles. The smallest absolute Gasteiger partial charge is 0.201 e. The minimum absolute atomic E-state index is 0.0307. The highest BCUT2D eigenvalue weighted by atomic mass is 15.1. The van der Waals surface area contributed by atoms with Crippen molar-refractivity contribution in [1.82, 2.24) is 9.97 Å². The van der Waals surface area contributed by atoms with Crippen molar-refractivity contribution in [3.05, 3.63) is 23.8 Å². The van der Waals surface area contributed by atoms with Crippen LogP contribution in [0.4, 0.5) is 5.95 Å². The molecule has 0 aliphatic rings. The van der Waals surface area contributed by atoms with Crippen molar-refractivity contribution in [2.24, 2.45) is 0 Å². The summed E-state index contributed by atoms with van der Waals surface area (Å²) in [7, 11) is 0. The Kier molecular flexibility index (Phi) is 2.18. The zero-order chi connectivity index (χ0) is 11.1. The maximum atomic E-state index is 4.49. The molecule has 1 aromatic heterocycles. The van der Waals surface area contributed by atoms with Gasteiger partial charge in [-0.3, -0.25) is 0 Å². The van der Waals surface area contributed by atoms with Gasteiger partial charge in [0.15, 0.2) is 0 Å². The zero-order valence-electron chi connectivity index (χ0n) is 9.68. The summed E-state index contributed by atoms with van der Waals surface area (Å²) in [6, 6.07) is 6.23. The van der Waals surface area contributed by atoms with E-state index in [0.717, 1.165) is 17.0 Å². The van der Waals surface area contributed by atoms with Crippen molar-refractivity contribution in [2.45, 2.75) is 33.2 Å². The first-order valence-corrected chi connectivity index (χ1v) is 5.19. The molecule has 0 saturated heterocycles. The molecule has 15 heavy (non-hydrogen) atoms. The summed E-state index contributed by atoms with van der Waals surface area (Å²) in [5.74, 6) is 0.836. The normalized spacial score (nSPS) is 12.0. The van der Waals surface area contributed by atoms with Gasteiger partial charge in [0, 0.05) is 5.54 Å². The second-order valence-corrected chi connectivity index (χ2v) is 4.98. The summed E-state index contributed by atoms with van der Waals surface area (Å²) in [6.45, 7) is 8.42. The van der Waals surface area contributed by atoms with Crippen LogP contribution in [-0.4, -0.2) is 15.5 Å². The van der Waals surface area contributed by atoms with Crippen molar-refractivity contribution >= 4 is 17.0 Å². The Morgan fingerprint density at radius 1 is 1.27 bits per heavy atom. The molecule has 2 rings (SSSR count). The molecule has 80 valence electrons. The molecular weight excluding hydrogens is 186 g/mol. The van der Waals surface area contributed by atoms with E-state index >= 15 is 0 Å². The molecule has 0 spiro atoms. The highest BCUT2D eigenvalue weighted by Gasteiger charge is 2.11. The molecule has 0 aliphatic carbocycles. The number of nitrogens with one attached hydrogen (secondary N) is 2. The van der Waals surface area contributed by atoms with Crippen molar-refractivity contribution in [2.75, 3.05) is 5.32 Å². The van der Waals surface area contributed by atoms with Gasteiger partial charge < -0.3 is 10.3 Å². The molecule has 0 atom stereocenters. The van der Waals surface area contributed by atoms with Gasteiger partial charge >= 0.3 is 0 Å². The fraction of sp³-hybridized carbons (Fsp3) is 0.417. The van der Waals surface area contributed by atoms with Gasteiger partial charge in [-0.05, 0) is 45.4 Å². The van der Waals surface area contributed by atoms with Crippen LogP contribution in [0.25, 0.3) is 11.0 Å². The first-order chi connectivity index (χ1) is 6.94. The number of hydrogen-bond donors (Lipinski definition) is 2. The quantitative estimate of drug-likeness (QED) is 0.747. The van der Waals surface area contributed by atoms with Gasteiger partial charge in [-0.2, -0.15) is 0 Å². The van der Waals surface area contributed by atoms with Crippen LogP contribution in [0.3, 0.4) is 0 Å². The summed E-state index contributed by atoms with van der Waals surface area (Å²) in [5, 5.41) is 3.32. The first kappa shape index (κ1) is 10.0. The molecule has 2 aromatic rings. The minimum Gasteiger partial charge on any atom is -0.351 e. The average molecular weight is 203 g/mol. The Morgan fingerprint density at radius 2 is 2.00 bits per heavy atom. The highest BCUT2D eigenvalue weighted by Crippen LogP contribution is 2.18. The maximum Gasteiger partial charge on any atom is 0.201 e. The van der Waals surface area contributed by atoms with Gasteiger partial charge in [-0.1, -0.05) is 6.07 Å². The predicted molar refractivity (Wildman–Crippen MR) is 64.2 cm³/mol. The Hall–Kier alpha value is -1.51. The molecule has 1 heterocycles. The van der Waals surface area contributed by atoms with E-state index in [4.69, 9.17) is 0 Å². The van der Waals surface area contributed by atoms with Crippen LogP contribution in [0, 0.1) is 6.92 Å². The third kappa shape index (κ3) is 2.29. The lowest BCUT2D eigenvalue weighted by Gasteiger charge is -2.19. The number of aromatic nitrogens is 2. The fourth-order valence-electron chi connectivity index (χ4n) is 1.53. The number of anilines is 1. The van der Waals surface area contributed by atoms with Crippen molar-refractivity contribution < 1.29 is 0 Å². The van der Waals surface area contributed by atoms with E-state index in [2.05, 4.69) is 61.2 Å². The van der Waals surface area contributed by atoms with Crippen LogP contribution in [0.2, 0.25) is 0 Å². The number of aryl methyl sites for hydroxylation is 1. The van der Waals surface area contributed by atoms with Crippen LogP contribution >= 0.6 is 0 Å². The summed E-state index contributed by atoms with van der Waals surface area (Å²) in [4.78, 5) is 7.75. The lowest BCUT2D eigenvalue weighted by atomic mass is 10.1. The Bertz CT molecular complexity index is 477. The van der Waals surface area contributed by atoms with Crippen molar-refractivity contribution in [3.8, 4) is 0 Å². The van der Waals surface area contributed by atoms with Gasteiger partial charge in [0.05, 0.1) is 11.0 Å². The van der Waals surface area contributed by atoms with Crippen LogP contribution in [0.15, 0.2) is 18.2 Å². The van der Waals surface area contributed by atoms with E-state index in [1.165, 1.54) is 5.56 Å². The molecule has 0 amide bonds. The summed E-state index contributed by atoms with van der Waals surface area (Å²) < 4.78 is 0. The van der Waals surface area contributed by atoms with Crippen LogP contribution < -0.4 is 5.32 Å². The van der Waals surface area contributed by atoms with Crippen LogP contribution in [0.5, 0.6) is 0 Å². The third-order valence-electron chi connectivity index (χ3n) is 2.13. The predicted octanol–water partition coefficient (Wildman–Crippen LogP) is 3.08. The molecule has 3 nitrogen and oxygen atoms in total. The fourth-order valence-corrected chi connectivity index (χ4v) is 1.53. The van der Waals surface area contributed by atoms with Gasteiger partial charge in [-0.25, -0.2) is 4.98 Å². The first-order valence-electron chi connectivity index (χ1n) is 5.19. The zero-order valence-corrected chi connectivity index (χ0v) is 9.68. The second kappa shape index (κ2) is 3.26. The molecule has 0 radical (unpaired) electrons. The number of hydrogen-bond acceptors (Lipinski definition) is 2. The van der Waals surface area contributed by atoms with Gasteiger partial charge in [0.1, 0.15) is 0 Å². The van der Waals surface area contributed by atoms with Crippen LogP contribution in [0.1, 0.15) is 26.3 Å². The topological polar surface area (TPSA) is 40.7 Å². The molecule has 2 N–H and O–H groups in total. The van der Waals surface area contributed by atoms with Crippen molar-refractivity contribution in [3.63, 3.8) is 0 Å². The van der Waals surface area contributed by atoms with E-state index in [-0.39, 0.29) is 5.54 Å². The van der Waals surface area contributed by atoms with E-state index in [9.17, 15) is 0 Å². The molecule has 1 aromatic carbocycles. The standard InChI is InChI=1S/C12H17N3/c1-8-5-6-9-10(7-8)14-11(13-9)15-12(2,3)4/h5-7H,1-4H3,(H2,13,14,15). The second-order valence-electron chi connectivity index (χ2n) is 4.98. The average Bonchev–Trinajstić information content (AvgIpc) is 2.42. The summed E-state index contributed by atoms with van der Waals surface area (Å²) in [6.07, 6.45) is 0. The van der Waals surface area contributed by atoms with Crippen molar-refractivity contribution in [1.29, 1.82) is 0 Å². The number of nitrogens with zero attached hydrogens (tertiary/aromatic N) is 1. The molecule has 0 fully saturated rings. The Labute approximate surface area is 89.9 Å². The summed E-state index contributed by atoms with van der Waals surface area (Å²) >= 11 is 0. The van der Waals surface area contributed by atoms with E-state index in [1.807, 2.05) is 0 Å². The SMILES string of the molecule is Cc1ccc2[nH]c(NC(C)(C)C)nc2c1. The molecule has 0 unspecified atom stereocenters. The van der Waals surface area contributed by atoms with E-state index < -0.39 is 0 Å². The van der Waals surface area contributed by atoms with Crippen LogP contribution in [-0.2, 0) is 0 Å². The molecule has 3 heteroatoms. The number of H-pyrrole nitrogens is 1. The minimum atomic E-state index is 0.0307. The monoisotopic (exact) mass is 203 g/mol. The van der Waals surface area contributed by atoms with Gasteiger partial charge in [-0.15, -0.1) is 0 Å². The van der Waals surface area contributed by atoms with E-state index in [0.29, 0.717) is 0 Å². The number of aromatic amines is 1. The largest absolute Gasteiger partial charge is 0.351 e.